The summed E-state index contributed by atoms with van der Waals surface area (Å²) in [6, 6.07) is 0. The summed E-state index contributed by atoms with van der Waals surface area (Å²) in [5, 5.41) is 6.73. The zero-order valence-electron chi connectivity index (χ0n) is 7.29. The lowest BCUT2D eigenvalue weighted by atomic mass is 10.2. The maximum Gasteiger partial charge on any atom is 0.279 e. The Bertz CT molecular complexity index is 470. The lowest BCUT2D eigenvalue weighted by Crippen LogP contribution is -2.05. The lowest BCUT2D eigenvalue weighted by molar-refractivity contribution is 0.871. The van der Waals surface area contributed by atoms with Gasteiger partial charge in [-0.05, 0) is 6.42 Å². The van der Waals surface area contributed by atoms with Gasteiger partial charge in [0.05, 0.1) is 12.0 Å². The molecule has 2 rings (SSSR count). The second kappa shape index (κ2) is 3.01. The van der Waals surface area contributed by atoms with Gasteiger partial charge in [-0.3, -0.25) is 9.89 Å². The van der Waals surface area contributed by atoms with Crippen LogP contribution in [0, 0.1) is 0 Å². The molecule has 0 aliphatic rings. The number of nitrogens with zero attached hydrogens (tertiary/aromatic N) is 2. The summed E-state index contributed by atoms with van der Waals surface area (Å²) in [6.45, 7) is 2.07. The average molecular weight is 178 g/mol. The number of aromatic nitrogens is 4. The smallest absolute Gasteiger partial charge is 0.279 e. The molecule has 2 heterocycles. The largest absolute Gasteiger partial charge is 0.311 e. The van der Waals surface area contributed by atoms with Crippen molar-refractivity contribution in [2.24, 2.45) is 0 Å². The van der Waals surface area contributed by atoms with Gasteiger partial charge in [0.15, 0.2) is 5.52 Å². The van der Waals surface area contributed by atoms with E-state index in [4.69, 9.17) is 0 Å². The normalized spacial score (nSPS) is 10.8. The highest BCUT2D eigenvalue weighted by atomic mass is 16.1. The highest BCUT2D eigenvalue weighted by Crippen LogP contribution is 2.09. The number of rotatable bonds is 2. The molecular formula is C8H10N4O. The summed E-state index contributed by atoms with van der Waals surface area (Å²) in [5.74, 6) is 0. The van der Waals surface area contributed by atoms with Crippen LogP contribution in [0.15, 0.2) is 11.1 Å². The fourth-order valence-electron chi connectivity index (χ4n) is 1.32. The van der Waals surface area contributed by atoms with Crippen LogP contribution in [0.3, 0.4) is 0 Å². The molecule has 0 unspecified atom stereocenters. The molecule has 0 saturated heterocycles. The van der Waals surface area contributed by atoms with Gasteiger partial charge in [-0.25, -0.2) is 4.98 Å². The Morgan fingerprint density at radius 1 is 1.46 bits per heavy atom. The van der Waals surface area contributed by atoms with E-state index in [-0.39, 0.29) is 5.56 Å². The fourth-order valence-corrected chi connectivity index (χ4v) is 1.32. The molecule has 0 aliphatic carbocycles. The minimum atomic E-state index is -0.191. The number of aromatic amines is 2. The molecule has 2 N–H and O–H groups in total. The first-order valence-corrected chi connectivity index (χ1v) is 4.23. The Hall–Kier alpha value is -1.65. The number of hydrogen-bond acceptors (Lipinski definition) is 3. The molecule has 5 nitrogen and oxygen atoms in total. The van der Waals surface area contributed by atoms with E-state index in [2.05, 4.69) is 27.1 Å². The van der Waals surface area contributed by atoms with Crippen LogP contribution in [-0.4, -0.2) is 20.2 Å². The van der Waals surface area contributed by atoms with Gasteiger partial charge in [-0.2, -0.15) is 5.10 Å². The first-order chi connectivity index (χ1) is 6.33. The topological polar surface area (TPSA) is 74.4 Å². The number of hydrogen-bond donors (Lipinski definition) is 2. The van der Waals surface area contributed by atoms with Gasteiger partial charge in [0.2, 0.25) is 0 Å². The summed E-state index contributed by atoms with van der Waals surface area (Å²) in [5.41, 5.74) is 1.82. The van der Waals surface area contributed by atoms with Crippen LogP contribution in [0.4, 0.5) is 0 Å². The molecule has 0 bridgehead atoms. The number of nitrogens with one attached hydrogen (secondary N) is 2. The van der Waals surface area contributed by atoms with Crippen LogP contribution in [0.25, 0.3) is 11.0 Å². The first kappa shape index (κ1) is 7.97. The quantitative estimate of drug-likeness (QED) is 0.707. The third-order valence-corrected chi connectivity index (χ3v) is 1.92. The lowest BCUT2D eigenvalue weighted by Gasteiger charge is -1.91. The molecule has 0 fully saturated rings. The van der Waals surface area contributed by atoms with Crippen molar-refractivity contribution in [2.75, 3.05) is 0 Å². The van der Waals surface area contributed by atoms with Crippen LogP contribution in [0.1, 0.15) is 19.0 Å². The van der Waals surface area contributed by atoms with Gasteiger partial charge >= 0.3 is 0 Å². The van der Waals surface area contributed by atoms with E-state index in [1.165, 1.54) is 6.33 Å². The molecule has 5 heteroatoms. The van der Waals surface area contributed by atoms with Gasteiger partial charge < -0.3 is 4.98 Å². The number of H-pyrrole nitrogens is 2. The third-order valence-electron chi connectivity index (χ3n) is 1.92. The van der Waals surface area contributed by atoms with Crippen molar-refractivity contribution in [1.29, 1.82) is 0 Å². The van der Waals surface area contributed by atoms with Crippen molar-refractivity contribution in [3.63, 3.8) is 0 Å². The van der Waals surface area contributed by atoms with Gasteiger partial charge in [0.1, 0.15) is 5.52 Å². The van der Waals surface area contributed by atoms with Crippen LogP contribution in [-0.2, 0) is 6.42 Å². The van der Waals surface area contributed by atoms with Gasteiger partial charge in [0, 0.05) is 0 Å². The van der Waals surface area contributed by atoms with Crippen LogP contribution >= 0.6 is 0 Å². The molecule has 68 valence electrons. The van der Waals surface area contributed by atoms with Gasteiger partial charge in [-0.1, -0.05) is 13.3 Å². The van der Waals surface area contributed by atoms with E-state index in [1.54, 1.807) is 0 Å². The van der Waals surface area contributed by atoms with Crippen molar-refractivity contribution < 1.29 is 0 Å². The van der Waals surface area contributed by atoms with Gasteiger partial charge in [0.25, 0.3) is 5.56 Å². The first-order valence-electron chi connectivity index (χ1n) is 4.23. The summed E-state index contributed by atoms with van der Waals surface area (Å²) >= 11 is 0. The van der Waals surface area contributed by atoms with Crippen LogP contribution < -0.4 is 5.56 Å². The maximum atomic E-state index is 11.2. The minimum Gasteiger partial charge on any atom is -0.311 e. The average Bonchev–Trinajstić information content (AvgIpc) is 2.51. The summed E-state index contributed by atoms with van der Waals surface area (Å²) in [7, 11) is 0. The van der Waals surface area contributed by atoms with Crippen molar-refractivity contribution in [2.45, 2.75) is 19.8 Å². The Morgan fingerprint density at radius 3 is 3.08 bits per heavy atom. The molecule has 2 aromatic rings. The summed E-state index contributed by atoms with van der Waals surface area (Å²) < 4.78 is 0. The van der Waals surface area contributed by atoms with Crippen LogP contribution in [0.5, 0.6) is 0 Å². The number of fused-ring (bicyclic) bond motifs is 1. The standard InChI is InChI=1S/C8H10N4O/c1-2-3-5-6-7(12-11-5)8(13)10-4-9-6/h4H,2-3H2,1H3,(H,11,12)(H,9,10,13). The zero-order chi connectivity index (χ0) is 9.26. The second-order valence-corrected chi connectivity index (χ2v) is 2.88. The molecular weight excluding hydrogens is 168 g/mol. The molecule has 0 aromatic carbocycles. The zero-order valence-corrected chi connectivity index (χ0v) is 7.29. The number of aryl methyl sites for hydroxylation is 1. The summed E-state index contributed by atoms with van der Waals surface area (Å²) in [4.78, 5) is 17.8. The SMILES string of the molecule is CCCc1[nH]nc2c(=O)[nH]cnc12. The predicted molar refractivity (Wildman–Crippen MR) is 48.5 cm³/mol. The molecule has 0 atom stereocenters. The van der Waals surface area contributed by atoms with Crippen LogP contribution in [0.2, 0.25) is 0 Å². The summed E-state index contributed by atoms with van der Waals surface area (Å²) in [6.07, 6.45) is 3.28. The molecule has 13 heavy (non-hydrogen) atoms. The predicted octanol–water partition coefficient (Wildman–Crippen LogP) is 0.599. The van der Waals surface area contributed by atoms with Crippen molar-refractivity contribution >= 4 is 11.0 Å². The van der Waals surface area contributed by atoms with E-state index in [0.717, 1.165) is 18.5 Å². The van der Waals surface area contributed by atoms with Crippen molar-refractivity contribution in [3.05, 3.63) is 22.4 Å². The Kier molecular flexibility index (Phi) is 1.84. The molecule has 0 spiro atoms. The highest BCUT2D eigenvalue weighted by Gasteiger charge is 2.07. The monoisotopic (exact) mass is 178 g/mol. The Balaban J connectivity index is 2.68. The maximum absolute atomic E-state index is 11.2. The molecule has 0 saturated carbocycles. The van der Waals surface area contributed by atoms with E-state index in [9.17, 15) is 4.79 Å². The van der Waals surface area contributed by atoms with E-state index in [1.807, 2.05) is 0 Å². The fraction of sp³-hybridized carbons (Fsp3) is 0.375. The third kappa shape index (κ3) is 1.22. The van der Waals surface area contributed by atoms with E-state index >= 15 is 0 Å². The molecule has 0 radical (unpaired) electrons. The Labute approximate surface area is 74.2 Å². The van der Waals surface area contributed by atoms with E-state index in [0.29, 0.717) is 11.0 Å². The highest BCUT2D eigenvalue weighted by molar-refractivity contribution is 5.75. The van der Waals surface area contributed by atoms with Crippen molar-refractivity contribution in [1.82, 2.24) is 20.2 Å². The van der Waals surface area contributed by atoms with Crippen molar-refractivity contribution in [3.8, 4) is 0 Å². The molecule has 0 aliphatic heterocycles. The van der Waals surface area contributed by atoms with Gasteiger partial charge in [-0.15, -0.1) is 0 Å². The molecule has 0 amide bonds. The van der Waals surface area contributed by atoms with E-state index < -0.39 is 0 Å². The Morgan fingerprint density at radius 2 is 2.31 bits per heavy atom. The second-order valence-electron chi connectivity index (χ2n) is 2.88. The molecule has 2 aromatic heterocycles. The minimum absolute atomic E-state index is 0.191.